The normalized spacial score (nSPS) is 15.8. The van der Waals surface area contributed by atoms with Crippen molar-refractivity contribution in [1.29, 1.82) is 0 Å². The van der Waals surface area contributed by atoms with E-state index in [-0.39, 0.29) is 0 Å². The molecule has 1 aromatic carbocycles. The summed E-state index contributed by atoms with van der Waals surface area (Å²) in [6, 6.07) is 7.08. The summed E-state index contributed by atoms with van der Waals surface area (Å²) in [4.78, 5) is 23.4. The first kappa shape index (κ1) is 13.5. The summed E-state index contributed by atoms with van der Waals surface area (Å²) in [7, 11) is 0. The zero-order valence-electron chi connectivity index (χ0n) is 11.3. The summed E-state index contributed by atoms with van der Waals surface area (Å²) < 4.78 is 5.73. The topological polar surface area (TPSA) is 43.4 Å². The smallest absolute Gasteiger partial charge is 0.233 e. The quantitative estimate of drug-likeness (QED) is 0.761. The Morgan fingerprint density at radius 2 is 1.84 bits per heavy atom. The average molecular weight is 258 g/mol. The molecule has 19 heavy (non-hydrogen) atoms. The number of carbonyl (C=O) groups excluding carboxylic acids is 2. The Morgan fingerprint density at radius 1 is 1.16 bits per heavy atom. The maximum absolute atomic E-state index is 11.8. The minimum Gasteiger partial charge on any atom is -0.493 e. The third-order valence-corrected chi connectivity index (χ3v) is 3.23. The first-order valence-electron chi connectivity index (χ1n) is 6.66. The Kier molecular flexibility index (Phi) is 4.15. The zero-order valence-corrected chi connectivity index (χ0v) is 11.3. The molecule has 0 amide bonds. The van der Waals surface area contributed by atoms with Crippen molar-refractivity contribution in [3.8, 4) is 0 Å². The number of Topliss-reactive ketones (excluding diaryl/α,β-unsaturated/α-hetero) is 1. The zero-order chi connectivity index (χ0) is 13.8. The molecule has 0 heterocycles. The van der Waals surface area contributed by atoms with E-state index in [1.807, 2.05) is 12.1 Å². The lowest BCUT2D eigenvalue weighted by Crippen LogP contribution is -2.20. The molecule has 0 aliphatic heterocycles. The van der Waals surface area contributed by atoms with Gasteiger partial charge in [0.15, 0.2) is 0 Å². The first-order chi connectivity index (χ1) is 9.13. The minimum atomic E-state index is -0.503. The van der Waals surface area contributed by atoms with Crippen LogP contribution in [0.15, 0.2) is 30.3 Å². The maximum atomic E-state index is 11.8. The lowest BCUT2D eigenvalue weighted by atomic mass is 9.94. The molecule has 1 aliphatic rings. The summed E-state index contributed by atoms with van der Waals surface area (Å²) in [6.07, 6.45) is 3.50. The monoisotopic (exact) mass is 258 g/mol. The van der Waals surface area contributed by atoms with Crippen molar-refractivity contribution in [2.45, 2.75) is 26.7 Å². The van der Waals surface area contributed by atoms with Crippen LogP contribution in [0.1, 0.15) is 42.6 Å². The molecule has 1 atom stereocenters. The van der Waals surface area contributed by atoms with E-state index in [1.165, 1.54) is 6.08 Å². The molecule has 0 radical (unpaired) electrons. The Labute approximate surface area is 113 Å². The largest absolute Gasteiger partial charge is 0.493 e. The molecule has 2 rings (SSSR count). The Morgan fingerprint density at radius 3 is 2.53 bits per heavy atom. The molecular weight excluding hydrogens is 240 g/mol. The van der Waals surface area contributed by atoms with Gasteiger partial charge in [-0.15, -0.1) is 0 Å². The number of fused-ring (bicyclic) bond motifs is 1. The van der Waals surface area contributed by atoms with Crippen LogP contribution in [0.3, 0.4) is 0 Å². The van der Waals surface area contributed by atoms with Gasteiger partial charge in [-0.25, -0.2) is 0 Å². The number of ether oxygens (including phenoxy) is 1. The molecule has 0 bridgehead atoms. The SMILES string of the molecule is CCCC(C)COC1=CC(=O)C(=O)c2ccccc21. The number of ketones is 2. The third kappa shape index (κ3) is 2.92. The highest BCUT2D eigenvalue weighted by Gasteiger charge is 2.26. The van der Waals surface area contributed by atoms with Gasteiger partial charge in [-0.05, 0) is 12.3 Å². The number of allylic oxidation sites excluding steroid dienone is 1. The fraction of sp³-hybridized carbons (Fsp3) is 0.375. The van der Waals surface area contributed by atoms with Gasteiger partial charge in [0.2, 0.25) is 11.6 Å². The van der Waals surface area contributed by atoms with Crippen molar-refractivity contribution < 1.29 is 14.3 Å². The third-order valence-electron chi connectivity index (χ3n) is 3.23. The number of benzene rings is 1. The van der Waals surface area contributed by atoms with Crippen molar-refractivity contribution in [2.75, 3.05) is 6.61 Å². The molecule has 0 saturated carbocycles. The maximum Gasteiger partial charge on any atom is 0.233 e. The van der Waals surface area contributed by atoms with E-state index in [0.717, 1.165) is 18.4 Å². The summed E-state index contributed by atoms with van der Waals surface area (Å²) in [5.74, 6) is -0.00431. The highest BCUT2D eigenvalue weighted by atomic mass is 16.5. The molecule has 0 N–H and O–H groups in total. The van der Waals surface area contributed by atoms with Crippen molar-refractivity contribution >= 4 is 17.3 Å². The second-order valence-corrected chi connectivity index (χ2v) is 4.95. The second kappa shape index (κ2) is 5.83. The molecular formula is C16H18O3. The van der Waals surface area contributed by atoms with Gasteiger partial charge in [-0.2, -0.15) is 0 Å². The molecule has 3 nitrogen and oxygen atoms in total. The lowest BCUT2D eigenvalue weighted by molar-refractivity contribution is -0.111. The molecule has 1 aliphatic carbocycles. The molecule has 1 unspecified atom stereocenters. The van der Waals surface area contributed by atoms with Gasteiger partial charge in [-0.3, -0.25) is 9.59 Å². The van der Waals surface area contributed by atoms with Gasteiger partial charge in [0.1, 0.15) is 5.76 Å². The second-order valence-electron chi connectivity index (χ2n) is 4.95. The van der Waals surface area contributed by atoms with Crippen molar-refractivity contribution in [2.24, 2.45) is 5.92 Å². The molecule has 0 spiro atoms. The predicted octanol–water partition coefficient (Wildman–Crippen LogP) is 3.25. The van der Waals surface area contributed by atoms with Crippen molar-refractivity contribution in [3.63, 3.8) is 0 Å². The van der Waals surface area contributed by atoms with Crippen LogP contribution in [0.5, 0.6) is 0 Å². The van der Waals surface area contributed by atoms with Crippen LogP contribution < -0.4 is 0 Å². The molecule has 100 valence electrons. The van der Waals surface area contributed by atoms with E-state index < -0.39 is 11.6 Å². The van der Waals surface area contributed by atoms with Gasteiger partial charge in [0.05, 0.1) is 6.61 Å². The summed E-state index contributed by atoms with van der Waals surface area (Å²) in [5, 5.41) is 0. The Balaban J connectivity index is 2.19. The number of rotatable bonds is 5. The van der Waals surface area contributed by atoms with E-state index in [1.54, 1.807) is 12.1 Å². The molecule has 0 saturated heterocycles. The lowest BCUT2D eigenvalue weighted by Gasteiger charge is -2.19. The van der Waals surface area contributed by atoms with E-state index >= 15 is 0 Å². The van der Waals surface area contributed by atoms with Crippen LogP contribution in [0.25, 0.3) is 5.76 Å². The Hall–Kier alpha value is -1.90. The number of carbonyl (C=O) groups is 2. The van der Waals surface area contributed by atoms with Crippen LogP contribution in [0.2, 0.25) is 0 Å². The highest BCUT2D eigenvalue weighted by molar-refractivity contribution is 6.50. The first-order valence-corrected chi connectivity index (χ1v) is 6.66. The predicted molar refractivity (Wildman–Crippen MR) is 73.8 cm³/mol. The van der Waals surface area contributed by atoms with Gasteiger partial charge in [-0.1, -0.05) is 44.5 Å². The standard InChI is InChI=1S/C16H18O3/c1-3-6-11(2)10-19-15-9-14(17)16(18)13-8-5-4-7-12(13)15/h4-5,7-9,11H,3,6,10H2,1-2H3. The summed E-state index contributed by atoms with van der Waals surface area (Å²) >= 11 is 0. The van der Waals surface area contributed by atoms with Gasteiger partial charge < -0.3 is 4.74 Å². The number of hydrogen-bond acceptors (Lipinski definition) is 3. The van der Waals surface area contributed by atoms with Crippen LogP contribution in [0, 0.1) is 5.92 Å². The fourth-order valence-electron chi connectivity index (χ4n) is 2.22. The molecule has 0 fully saturated rings. The molecule has 3 heteroatoms. The Bertz CT molecular complexity index is 529. The molecule has 1 aromatic rings. The molecule has 0 aromatic heterocycles. The van der Waals surface area contributed by atoms with Gasteiger partial charge in [0.25, 0.3) is 0 Å². The minimum absolute atomic E-state index is 0.436. The van der Waals surface area contributed by atoms with E-state index in [0.29, 0.717) is 23.8 Å². The van der Waals surface area contributed by atoms with Crippen molar-refractivity contribution in [3.05, 3.63) is 41.5 Å². The van der Waals surface area contributed by atoms with Crippen LogP contribution >= 0.6 is 0 Å². The van der Waals surface area contributed by atoms with Crippen molar-refractivity contribution in [1.82, 2.24) is 0 Å². The van der Waals surface area contributed by atoms with E-state index in [4.69, 9.17) is 4.74 Å². The average Bonchev–Trinajstić information content (AvgIpc) is 2.42. The summed E-state index contributed by atoms with van der Waals surface area (Å²) in [6.45, 7) is 4.81. The highest BCUT2D eigenvalue weighted by Crippen LogP contribution is 2.26. The van der Waals surface area contributed by atoms with Gasteiger partial charge >= 0.3 is 0 Å². The fourth-order valence-corrected chi connectivity index (χ4v) is 2.22. The van der Waals surface area contributed by atoms with Crippen LogP contribution in [-0.2, 0) is 9.53 Å². The van der Waals surface area contributed by atoms with Crippen LogP contribution in [-0.4, -0.2) is 18.2 Å². The summed E-state index contributed by atoms with van der Waals surface area (Å²) in [5.41, 5.74) is 1.16. The van der Waals surface area contributed by atoms with Gasteiger partial charge in [0, 0.05) is 17.2 Å². The van der Waals surface area contributed by atoms with Crippen LogP contribution in [0.4, 0.5) is 0 Å². The van der Waals surface area contributed by atoms with E-state index in [2.05, 4.69) is 13.8 Å². The van der Waals surface area contributed by atoms with E-state index in [9.17, 15) is 9.59 Å². The number of hydrogen-bond donors (Lipinski definition) is 0.